The minimum atomic E-state index is -0.522. The number of nitrogens with zero attached hydrogens (tertiary/aromatic N) is 1. The summed E-state index contributed by atoms with van der Waals surface area (Å²) in [5, 5.41) is 2.57. The number of amides is 3. The number of methoxy groups -OCH3 is 2. The molecule has 0 bridgehead atoms. The first kappa shape index (κ1) is 19.2. The largest absolute Gasteiger partial charge is 0.493 e. The minimum Gasteiger partial charge on any atom is -0.493 e. The number of ether oxygens (including phenoxy) is 2. The van der Waals surface area contributed by atoms with E-state index in [1.165, 1.54) is 31.4 Å². The molecule has 0 spiro atoms. The number of carbonyl (C=O) groups is 2. The zero-order chi connectivity index (χ0) is 19.6. The molecule has 0 unspecified atom stereocenters. The fraction of sp³-hybridized carbons (Fsp3) is 0.158. The summed E-state index contributed by atoms with van der Waals surface area (Å²) in [5.41, 5.74) is 1.50. The van der Waals surface area contributed by atoms with Crippen LogP contribution < -0.4 is 14.8 Å². The van der Waals surface area contributed by atoms with Crippen LogP contribution in [0.25, 0.3) is 6.08 Å². The maximum atomic E-state index is 13.0. The van der Waals surface area contributed by atoms with Gasteiger partial charge in [0.25, 0.3) is 5.91 Å². The second-order valence-electron chi connectivity index (χ2n) is 5.74. The molecule has 1 aliphatic rings. The quantitative estimate of drug-likeness (QED) is 0.403. The molecule has 27 heavy (non-hydrogen) atoms. The van der Waals surface area contributed by atoms with Crippen LogP contribution in [-0.4, -0.2) is 31.1 Å². The molecular weight excluding hydrogens is 466 g/mol. The second kappa shape index (κ2) is 7.95. The monoisotopic (exact) mass is 482 g/mol. The number of rotatable bonds is 5. The number of halogens is 2. The lowest BCUT2D eigenvalue weighted by Gasteiger charge is -2.12. The van der Waals surface area contributed by atoms with Gasteiger partial charge in [0.1, 0.15) is 11.5 Å². The zero-order valence-corrected chi connectivity index (χ0v) is 16.7. The summed E-state index contributed by atoms with van der Waals surface area (Å²) in [6.45, 7) is 0.0613. The molecule has 0 atom stereocenters. The van der Waals surface area contributed by atoms with Gasteiger partial charge in [0.15, 0.2) is 11.5 Å². The van der Waals surface area contributed by atoms with E-state index in [9.17, 15) is 14.0 Å². The maximum absolute atomic E-state index is 13.0. The van der Waals surface area contributed by atoms with E-state index in [0.29, 0.717) is 22.6 Å². The number of hydrogen-bond acceptors (Lipinski definition) is 4. The lowest BCUT2D eigenvalue weighted by Crippen LogP contribution is -2.30. The summed E-state index contributed by atoms with van der Waals surface area (Å²) in [4.78, 5) is 25.9. The molecule has 0 aromatic heterocycles. The first-order valence-corrected chi connectivity index (χ1v) is 9.01. The Morgan fingerprint density at radius 2 is 1.85 bits per heavy atom. The van der Waals surface area contributed by atoms with E-state index in [1.807, 2.05) is 6.07 Å². The molecule has 3 rings (SSSR count). The number of imide groups is 1. The van der Waals surface area contributed by atoms with Crippen LogP contribution in [0.4, 0.5) is 9.18 Å². The molecule has 1 aliphatic heterocycles. The highest BCUT2D eigenvalue weighted by Gasteiger charge is 2.33. The number of hydrogen-bond donors (Lipinski definition) is 1. The molecule has 1 fully saturated rings. The van der Waals surface area contributed by atoms with E-state index in [1.54, 1.807) is 19.3 Å². The Kier molecular flexibility index (Phi) is 5.64. The van der Waals surface area contributed by atoms with Gasteiger partial charge in [-0.1, -0.05) is 12.1 Å². The van der Waals surface area contributed by atoms with E-state index in [2.05, 4.69) is 27.9 Å². The molecule has 2 aromatic carbocycles. The molecule has 0 radical (unpaired) electrons. The SMILES string of the molecule is COc1cc(/C=C2\NC(=O)N(Cc3ccc(F)cc3)C2=O)cc(I)c1OC. The van der Waals surface area contributed by atoms with Gasteiger partial charge in [-0.3, -0.25) is 9.69 Å². The van der Waals surface area contributed by atoms with Gasteiger partial charge < -0.3 is 14.8 Å². The number of carbonyl (C=O) groups excluding carboxylic acids is 2. The number of nitrogens with one attached hydrogen (secondary N) is 1. The van der Waals surface area contributed by atoms with E-state index >= 15 is 0 Å². The Hall–Kier alpha value is -2.62. The van der Waals surface area contributed by atoms with Crippen LogP contribution in [0.2, 0.25) is 0 Å². The third kappa shape index (κ3) is 4.05. The third-order valence-electron chi connectivity index (χ3n) is 3.98. The first-order chi connectivity index (χ1) is 12.9. The molecule has 1 N–H and O–H groups in total. The Balaban J connectivity index is 1.86. The van der Waals surface area contributed by atoms with E-state index in [-0.39, 0.29) is 18.1 Å². The molecule has 140 valence electrons. The van der Waals surface area contributed by atoms with Crippen molar-refractivity contribution in [2.45, 2.75) is 6.54 Å². The zero-order valence-electron chi connectivity index (χ0n) is 14.6. The van der Waals surface area contributed by atoms with Crippen molar-refractivity contribution in [2.75, 3.05) is 14.2 Å². The van der Waals surface area contributed by atoms with Gasteiger partial charge in [0.05, 0.1) is 24.3 Å². The molecular formula is C19H16FIN2O4. The first-order valence-electron chi connectivity index (χ1n) is 7.93. The lowest BCUT2D eigenvalue weighted by atomic mass is 10.1. The molecule has 1 heterocycles. The predicted octanol–water partition coefficient (Wildman–Crippen LogP) is 3.54. The Morgan fingerprint density at radius 1 is 1.15 bits per heavy atom. The Morgan fingerprint density at radius 3 is 2.48 bits per heavy atom. The van der Waals surface area contributed by atoms with Crippen molar-refractivity contribution in [3.05, 3.63) is 62.6 Å². The molecule has 6 nitrogen and oxygen atoms in total. The Labute approximate surface area is 169 Å². The average molecular weight is 482 g/mol. The fourth-order valence-corrected chi connectivity index (χ4v) is 3.52. The van der Waals surface area contributed by atoms with Crippen molar-refractivity contribution < 1.29 is 23.5 Å². The molecule has 3 amide bonds. The summed E-state index contributed by atoms with van der Waals surface area (Å²) >= 11 is 2.11. The highest BCUT2D eigenvalue weighted by molar-refractivity contribution is 14.1. The molecule has 0 saturated carbocycles. The van der Waals surface area contributed by atoms with Crippen molar-refractivity contribution in [3.63, 3.8) is 0 Å². The predicted molar refractivity (Wildman–Crippen MR) is 106 cm³/mol. The average Bonchev–Trinajstić information content (AvgIpc) is 2.90. The van der Waals surface area contributed by atoms with Crippen LogP contribution in [0.5, 0.6) is 11.5 Å². The van der Waals surface area contributed by atoms with E-state index in [0.717, 1.165) is 8.47 Å². The number of benzene rings is 2. The lowest BCUT2D eigenvalue weighted by molar-refractivity contribution is -0.123. The molecule has 0 aliphatic carbocycles. The fourth-order valence-electron chi connectivity index (χ4n) is 2.68. The van der Waals surface area contributed by atoms with Crippen LogP contribution in [-0.2, 0) is 11.3 Å². The minimum absolute atomic E-state index is 0.0613. The summed E-state index contributed by atoms with van der Waals surface area (Å²) in [6, 6.07) is 8.66. The van der Waals surface area contributed by atoms with Crippen LogP contribution in [0.1, 0.15) is 11.1 Å². The van der Waals surface area contributed by atoms with Crippen molar-refractivity contribution in [3.8, 4) is 11.5 Å². The maximum Gasteiger partial charge on any atom is 0.329 e. The van der Waals surface area contributed by atoms with E-state index < -0.39 is 11.9 Å². The highest BCUT2D eigenvalue weighted by atomic mass is 127. The normalized spacial score (nSPS) is 15.3. The van der Waals surface area contributed by atoms with Crippen molar-refractivity contribution in [1.82, 2.24) is 10.2 Å². The van der Waals surface area contributed by atoms with Gasteiger partial charge in [0, 0.05) is 0 Å². The van der Waals surface area contributed by atoms with Crippen molar-refractivity contribution in [1.29, 1.82) is 0 Å². The summed E-state index contributed by atoms with van der Waals surface area (Å²) in [5.74, 6) is 0.296. The van der Waals surface area contributed by atoms with Crippen LogP contribution in [0.3, 0.4) is 0 Å². The van der Waals surface area contributed by atoms with Gasteiger partial charge >= 0.3 is 6.03 Å². The second-order valence-corrected chi connectivity index (χ2v) is 6.91. The number of urea groups is 1. The van der Waals surface area contributed by atoms with Gasteiger partial charge in [-0.25, -0.2) is 9.18 Å². The van der Waals surface area contributed by atoms with E-state index in [4.69, 9.17) is 9.47 Å². The third-order valence-corrected chi connectivity index (χ3v) is 4.78. The van der Waals surface area contributed by atoms with Gasteiger partial charge in [0.2, 0.25) is 0 Å². The smallest absolute Gasteiger partial charge is 0.329 e. The summed E-state index contributed by atoms with van der Waals surface area (Å²) in [6.07, 6.45) is 1.58. The molecule has 1 saturated heterocycles. The van der Waals surface area contributed by atoms with Gasteiger partial charge in [-0.15, -0.1) is 0 Å². The summed E-state index contributed by atoms with van der Waals surface area (Å²) < 4.78 is 24.4. The standard InChI is InChI=1S/C19H16FIN2O4/c1-26-16-9-12(7-14(21)17(16)27-2)8-15-18(24)23(19(25)22-15)10-11-3-5-13(20)6-4-11/h3-9H,10H2,1-2H3,(H,22,25)/b15-8-. The van der Waals surface area contributed by atoms with Crippen molar-refractivity contribution >= 4 is 40.6 Å². The molecule has 2 aromatic rings. The Bertz CT molecular complexity index is 928. The van der Waals surface area contributed by atoms with Crippen molar-refractivity contribution in [2.24, 2.45) is 0 Å². The van der Waals surface area contributed by atoms with Crippen LogP contribution in [0.15, 0.2) is 42.1 Å². The van der Waals surface area contributed by atoms with Gasteiger partial charge in [-0.05, 0) is 64.1 Å². The highest BCUT2D eigenvalue weighted by Crippen LogP contribution is 2.34. The summed E-state index contributed by atoms with van der Waals surface area (Å²) in [7, 11) is 3.07. The van der Waals surface area contributed by atoms with Crippen LogP contribution >= 0.6 is 22.6 Å². The molecule has 8 heteroatoms. The van der Waals surface area contributed by atoms with Gasteiger partial charge in [-0.2, -0.15) is 0 Å². The van der Waals surface area contributed by atoms with Crippen LogP contribution in [0, 0.1) is 9.39 Å². The topological polar surface area (TPSA) is 67.9 Å².